The number of hydrogen-bond donors (Lipinski definition) is 0. The van der Waals surface area contributed by atoms with E-state index in [4.69, 9.17) is 17.1 Å². The van der Waals surface area contributed by atoms with E-state index in [2.05, 4.69) is 10.0 Å². The third-order valence-corrected chi connectivity index (χ3v) is 3.58. The predicted molar refractivity (Wildman–Crippen MR) is 70.9 cm³/mol. The lowest BCUT2D eigenvalue weighted by atomic mass is 10.1. The number of halogens is 4. The van der Waals surface area contributed by atoms with E-state index in [1.54, 1.807) is 0 Å². The molecule has 2 rings (SSSR count). The van der Waals surface area contributed by atoms with Crippen molar-refractivity contribution in [1.82, 2.24) is 0 Å². The summed E-state index contributed by atoms with van der Waals surface area (Å²) in [6.45, 7) is 0.300. The predicted octanol–water partition coefficient (Wildman–Crippen LogP) is 4.02. The van der Waals surface area contributed by atoms with Gasteiger partial charge in [-0.25, -0.2) is 0 Å². The van der Waals surface area contributed by atoms with E-state index in [1.165, 1.54) is 17.0 Å². The molecule has 0 aromatic heterocycles. The van der Waals surface area contributed by atoms with Crippen molar-refractivity contribution in [3.05, 3.63) is 39.2 Å². The van der Waals surface area contributed by atoms with Gasteiger partial charge < -0.3 is 4.90 Å². The Morgan fingerprint density at radius 2 is 2.19 bits per heavy atom. The van der Waals surface area contributed by atoms with Gasteiger partial charge in [-0.05, 0) is 23.6 Å². The number of benzene rings is 1. The molecule has 0 saturated carbocycles. The highest BCUT2D eigenvalue weighted by atomic mass is 35.5. The Kier molecular flexibility index (Phi) is 4.29. The van der Waals surface area contributed by atoms with Crippen molar-refractivity contribution < 1.29 is 18.0 Å². The van der Waals surface area contributed by atoms with Crippen LogP contribution >= 0.6 is 11.6 Å². The third kappa shape index (κ3) is 3.22. The van der Waals surface area contributed by atoms with Crippen molar-refractivity contribution in [1.29, 1.82) is 0 Å². The molecule has 0 aliphatic carbocycles. The molecule has 1 amide bonds. The summed E-state index contributed by atoms with van der Waals surface area (Å²) in [5.74, 6) is -0.562. The topological polar surface area (TPSA) is 69.1 Å². The fourth-order valence-corrected chi connectivity index (χ4v) is 2.57. The van der Waals surface area contributed by atoms with Crippen LogP contribution in [0.15, 0.2) is 23.3 Å². The van der Waals surface area contributed by atoms with Crippen LogP contribution in [-0.4, -0.2) is 19.0 Å². The molecule has 1 heterocycles. The van der Waals surface area contributed by atoms with Gasteiger partial charge in [-0.3, -0.25) is 4.79 Å². The first-order valence-electron chi connectivity index (χ1n) is 6.01. The van der Waals surface area contributed by atoms with Gasteiger partial charge in [0.2, 0.25) is 5.91 Å². The van der Waals surface area contributed by atoms with Crippen molar-refractivity contribution in [3.8, 4) is 0 Å². The molecule has 0 spiro atoms. The maximum atomic E-state index is 12.8. The molecular formula is C12H10ClF3N4O. The first kappa shape index (κ1) is 15.5. The van der Waals surface area contributed by atoms with Crippen molar-refractivity contribution in [2.75, 3.05) is 18.0 Å². The second kappa shape index (κ2) is 5.83. The SMILES string of the molecule is [N-]=[N+]=NCC1CC(=O)N(c2cccc(C(F)(F)F)c2Cl)C1. The van der Waals surface area contributed by atoms with Crippen molar-refractivity contribution in [3.63, 3.8) is 0 Å². The van der Waals surface area contributed by atoms with E-state index in [1.807, 2.05) is 0 Å². The highest BCUT2D eigenvalue weighted by molar-refractivity contribution is 6.34. The molecule has 5 nitrogen and oxygen atoms in total. The highest BCUT2D eigenvalue weighted by Gasteiger charge is 2.37. The summed E-state index contributed by atoms with van der Waals surface area (Å²) < 4.78 is 38.4. The van der Waals surface area contributed by atoms with Crippen LogP contribution in [0.4, 0.5) is 18.9 Å². The highest BCUT2D eigenvalue weighted by Crippen LogP contribution is 2.40. The summed E-state index contributed by atoms with van der Waals surface area (Å²) in [5, 5.41) is 2.89. The van der Waals surface area contributed by atoms with Crippen LogP contribution in [-0.2, 0) is 11.0 Å². The number of carbonyl (C=O) groups is 1. The summed E-state index contributed by atoms with van der Waals surface area (Å²) in [6, 6.07) is 3.44. The van der Waals surface area contributed by atoms with Crippen LogP contribution in [0.2, 0.25) is 5.02 Å². The molecule has 1 fully saturated rings. The molecule has 1 aromatic rings. The number of anilines is 1. The first-order valence-corrected chi connectivity index (χ1v) is 6.39. The van der Waals surface area contributed by atoms with E-state index in [9.17, 15) is 18.0 Å². The Balaban J connectivity index is 2.31. The summed E-state index contributed by atoms with van der Waals surface area (Å²) >= 11 is 5.80. The molecule has 1 unspecified atom stereocenters. The zero-order chi connectivity index (χ0) is 15.6. The zero-order valence-corrected chi connectivity index (χ0v) is 11.4. The van der Waals surface area contributed by atoms with Crippen molar-refractivity contribution in [2.45, 2.75) is 12.6 Å². The number of amides is 1. The smallest absolute Gasteiger partial charge is 0.311 e. The molecule has 1 aromatic carbocycles. The average Bonchev–Trinajstić information content (AvgIpc) is 2.76. The minimum Gasteiger partial charge on any atom is -0.311 e. The van der Waals surface area contributed by atoms with Gasteiger partial charge in [0.05, 0.1) is 16.3 Å². The second-order valence-corrected chi connectivity index (χ2v) is 5.00. The van der Waals surface area contributed by atoms with Gasteiger partial charge in [0.15, 0.2) is 0 Å². The lowest BCUT2D eigenvalue weighted by molar-refractivity contribution is -0.137. The Bertz CT molecular complexity index is 613. The quantitative estimate of drug-likeness (QED) is 0.471. The normalized spacial score (nSPS) is 18.8. The lowest BCUT2D eigenvalue weighted by Crippen LogP contribution is -2.25. The van der Waals surface area contributed by atoms with Crippen LogP contribution < -0.4 is 4.90 Å². The van der Waals surface area contributed by atoms with Crippen LogP contribution in [0.5, 0.6) is 0 Å². The van der Waals surface area contributed by atoms with Gasteiger partial charge in [-0.1, -0.05) is 22.8 Å². The van der Waals surface area contributed by atoms with E-state index < -0.39 is 16.8 Å². The zero-order valence-electron chi connectivity index (χ0n) is 10.6. The maximum Gasteiger partial charge on any atom is 0.417 e. The Hall–Kier alpha value is -1.92. The Labute approximate surface area is 122 Å². The molecule has 0 N–H and O–H groups in total. The molecule has 1 aliphatic rings. The molecule has 1 aliphatic heterocycles. The first-order chi connectivity index (χ1) is 9.84. The summed E-state index contributed by atoms with van der Waals surface area (Å²) in [4.78, 5) is 15.7. The number of alkyl halides is 3. The molecule has 9 heteroatoms. The van der Waals surface area contributed by atoms with E-state index in [0.29, 0.717) is 0 Å². The molecule has 1 saturated heterocycles. The fraction of sp³-hybridized carbons (Fsp3) is 0.417. The number of rotatable bonds is 3. The van der Waals surface area contributed by atoms with Gasteiger partial charge >= 0.3 is 6.18 Å². The van der Waals surface area contributed by atoms with Gasteiger partial charge in [-0.2, -0.15) is 13.2 Å². The molecule has 0 bridgehead atoms. The molecule has 112 valence electrons. The number of azide groups is 1. The van der Waals surface area contributed by atoms with Gasteiger partial charge in [0, 0.05) is 24.4 Å². The van der Waals surface area contributed by atoms with Gasteiger partial charge in [0.25, 0.3) is 0 Å². The second-order valence-electron chi connectivity index (χ2n) is 4.62. The standard InChI is InChI=1S/C12H10ClF3N4O/c13-11-8(12(14,15)16)2-1-3-9(11)20-6-7(4-10(20)21)5-18-19-17/h1-3,7H,4-6H2. The summed E-state index contributed by atoms with van der Waals surface area (Å²) in [7, 11) is 0. The number of carbonyl (C=O) groups excluding carboxylic acids is 1. The minimum absolute atomic E-state index is 0.0277. The monoisotopic (exact) mass is 318 g/mol. The third-order valence-electron chi connectivity index (χ3n) is 3.18. The van der Waals surface area contributed by atoms with E-state index >= 15 is 0 Å². The Morgan fingerprint density at radius 1 is 1.48 bits per heavy atom. The van der Waals surface area contributed by atoms with Crippen molar-refractivity contribution >= 4 is 23.2 Å². The van der Waals surface area contributed by atoms with Gasteiger partial charge in [-0.15, -0.1) is 0 Å². The lowest BCUT2D eigenvalue weighted by Gasteiger charge is -2.20. The largest absolute Gasteiger partial charge is 0.417 e. The summed E-state index contributed by atoms with van der Waals surface area (Å²) in [5.41, 5.74) is 7.31. The summed E-state index contributed by atoms with van der Waals surface area (Å²) in [6.07, 6.45) is -4.47. The number of hydrogen-bond acceptors (Lipinski definition) is 2. The average molecular weight is 319 g/mol. The van der Waals surface area contributed by atoms with Gasteiger partial charge in [0.1, 0.15) is 0 Å². The minimum atomic E-state index is -4.58. The van der Waals surface area contributed by atoms with Crippen LogP contribution in [0.3, 0.4) is 0 Å². The van der Waals surface area contributed by atoms with Crippen LogP contribution in [0.1, 0.15) is 12.0 Å². The molecular weight excluding hydrogens is 309 g/mol. The fourth-order valence-electron chi connectivity index (χ4n) is 2.24. The van der Waals surface area contributed by atoms with E-state index in [0.717, 1.165) is 6.07 Å². The van der Waals surface area contributed by atoms with Crippen LogP contribution in [0, 0.1) is 5.92 Å². The molecule has 0 radical (unpaired) electrons. The Morgan fingerprint density at radius 3 is 2.81 bits per heavy atom. The van der Waals surface area contributed by atoms with Crippen molar-refractivity contribution in [2.24, 2.45) is 11.0 Å². The molecule has 1 atom stereocenters. The number of nitrogens with zero attached hydrogens (tertiary/aromatic N) is 4. The molecule has 21 heavy (non-hydrogen) atoms. The maximum absolute atomic E-state index is 12.8. The van der Waals surface area contributed by atoms with Crippen LogP contribution in [0.25, 0.3) is 10.4 Å². The van der Waals surface area contributed by atoms with E-state index in [-0.39, 0.29) is 37.0 Å².